The van der Waals surface area contributed by atoms with Crippen LogP contribution >= 0.6 is 11.8 Å². The van der Waals surface area contributed by atoms with Gasteiger partial charge in [0.15, 0.2) is 11.3 Å². The molecule has 6 atom stereocenters. The number of nitrogens with zero attached hydrogens (tertiary/aromatic N) is 2. The van der Waals surface area contributed by atoms with Crippen molar-refractivity contribution >= 4 is 16.9 Å². The van der Waals surface area contributed by atoms with Gasteiger partial charge in [-0.15, -0.1) is 0 Å². The molecule has 0 saturated carbocycles. The van der Waals surface area contributed by atoms with Crippen LogP contribution in [0.2, 0.25) is 0 Å². The van der Waals surface area contributed by atoms with E-state index >= 15 is 0 Å². The number of halogens is 4. The van der Waals surface area contributed by atoms with Crippen molar-refractivity contribution in [3.63, 3.8) is 0 Å². The zero-order valence-electron chi connectivity index (χ0n) is 15.0. The average molecular weight is 424 g/mol. The van der Waals surface area contributed by atoms with Gasteiger partial charge in [-0.05, 0) is 17.7 Å². The van der Waals surface area contributed by atoms with Gasteiger partial charge in [-0.3, -0.25) is 4.99 Å². The molecule has 11 heteroatoms. The molecule has 6 nitrogen and oxygen atoms in total. The summed E-state index contributed by atoms with van der Waals surface area (Å²) in [5, 5.41) is 21.1. The van der Waals surface area contributed by atoms with Crippen LogP contribution < -0.4 is 0 Å². The summed E-state index contributed by atoms with van der Waals surface area (Å²) >= 11 is 1.07. The van der Waals surface area contributed by atoms with E-state index in [1.54, 1.807) is 19.0 Å². The molecular weight excluding hydrogens is 404 g/mol. The van der Waals surface area contributed by atoms with Crippen molar-refractivity contribution in [3.05, 3.63) is 35.6 Å². The number of fused-ring (bicyclic) bond motifs is 1. The quantitative estimate of drug-likeness (QED) is 0.718. The second-order valence-corrected chi connectivity index (χ2v) is 7.83. The molecule has 1 unspecified atom stereocenters. The molecule has 28 heavy (non-hydrogen) atoms. The van der Waals surface area contributed by atoms with Gasteiger partial charge in [-0.1, -0.05) is 23.9 Å². The Balaban J connectivity index is 1.76. The Morgan fingerprint density at radius 3 is 2.43 bits per heavy atom. The number of rotatable bonds is 4. The second kappa shape index (κ2) is 8.15. The number of aliphatic hydroxyl groups is 2. The van der Waals surface area contributed by atoms with Crippen molar-refractivity contribution in [1.29, 1.82) is 0 Å². The monoisotopic (exact) mass is 424 g/mol. The van der Waals surface area contributed by atoms with E-state index in [1.807, 2.05) is 0 Å². The van der Waals surface area contributed by atoms with Gasteiger partial charge in [0.25, 0.3) is 0 Å². The average Bonchev–Trinajstić information content (AvgIpc) is 3.04. The number of thioether (sulfide) groups is 1. The lowest BCUT2D eigenvalue weighted by Crippen LogP contribution is -2.61. The zero-order chi connectivity index (χ0) is 20.6. The highest BCUT2D eigenvalue weighted by Gasteiger charge is 2.57. The van der Waals surface area contributed by atoms with Crippen LogP contribution in [0.1, 0.15) is 5.56 Å². The van der Waals surface area contributed by atoms with Gasteiger partial charge in [0.05, 0.1) is 6.61 Å². The zero-order valence-corrected chi connectivity index (χ0v) is 15.8. The fraction of sp³-hybridized carbons (Fsp3) is 0.588. The van der Waals surface area contributed by atoms with Crippen LogP contribution in [0, 0.1) is 5.82 Å². The van der Waals surface area contributed by atoms with Gasteiger partial charge in [0, 0.05) is 14.1 Å². The van der Waals surface area contributed by atoms with Gasteiger partial charge in [-0.2, -0.15) is 13.2 Å². The summed E-state index contributed by atoms with van der Waals surface area (Å²) in [6.07, 6.45) is -12.5. The summed E-state index contributed by atoms with van der Waals surface area (Å²) in [5.74, 6) is -0.522. The highest BCUT2D eigenvalue weighted by molar-refractivity contribution is 8.14. The van der Waals surface area contributed by atoms with Crippen LogP contribution in [-0.4, -0.2) is 76.4 Å². The minimum absolute atomic E-state index is 0.327. The maximum atomic E-state index is 13.6. The molecule has 2 N–H and O–H groups in total. The Hall–Kier alpha value is -1.40. The number of aliphatic hydroxyl groups excluding tert-OH is 2. The molecular formula is C17H20F4N2O4S. The van der Waals surface area contributed by atoms with Crippen LogP contribution in [0.5, 0.6) is 0 Å². The Morgan fingerprint density at radius 1 is 1.21 bits per heavy atom. The molecule has 2 aliphatic heterocycles. The Kier molecular flexibility index (Phi) is 6.20. The highest BCUT2D eigenvalue weighted by Crippen LogP contribution is 2.41. The molecule has 1 aromatic carbocycles. The van der Waals surface area contributed by atoms with E-state index in [9.17, 15) is 27.8 Å². The first-order valence-electron chi connectivity index (χ1n) is 8.44. The lowest BCUT2D eigenvalue weighted by Gasteiger charge is -2.41. The molecule has 156 valence electrons. The molecule has 0 amide bonds. The number of hydrogen-bond donors (Lipinski definition) is 2. The minimum atomic E-state index is -4.85. The van der Waals surface area contributed by atoms with Crippen LogP contribution in [0.25, 0.3) is 0 Å². The molecule has 1 saturated heterocycles. The van der Waals surface area contributed by atoms with E-state index in [2.05, 4.69) is 4.99 Å². The number of benzene rings is 1. The van der Waals surface area contributed by atoms with Gasteiger partial charge in [0.2, 0.25) is 0 Å². The highest BCUT2D eigenvalue weighted by atomic mass is 32.2. The van der Waals surface area contributed by atoms with Gasteiger partial charge >= 0.3 is 6.18 Å². The van der Waals surface area contributed by atoms with E-state index in [1.165, 1.54) is 12.1 Å². The lowest BCUT2D eigenvalue weighted by molar-refractivity contribution is -0.286. The Morgan fingerprint density at radius 2 is 1.86 bits per heavy atom. The van der Waals surface area contributed by atoms with Gasteiger partial charge in [0.1, 0.15) is 35.6 Å². The fourth-order valence-corrected chi connectivity index (χ4v) is 4.13. The van der Waals surface area contributed by atoms with E-state index in [0.29, 0.717) is 10.7 Å². The van der Waals surface area contributed by atoms with E-state index in [0.717, 1.165) is 23.9 Å². The van der Waals surface area contributed by atoms with Crippen molar-refractivity contribution in [2.75, 3.05) is 14.1 Å². The molecule has 1 aromatic rings. The number of aliphatic imine (C=N–C) groups is 1. The molecule has 2 aliphatic rings. The first kappa shape index (κ1) is 21.3. The SMILES string of the molecule is CN(C)C1=N[C@@H]2[C@@H](O)[C@H](O)C([C@@H](OCc3ccc(F)cc3)C(F)(F)F)O[C@@H]2S1. The third-order valence-electron chi connectivity index (χ3n) is 4.43. The topological polar surface area (TPSA) is 74.5 Å². The summed E-state index contributed by atoms with van der Waals surface area (Å²) in [6.45, 7) is -0.464. The Labute approximate surface area is 163 Å². The van der Waals surface area contributed by atoms with E-state index < -0.39 is 54.5 Å². The summed E-state index contributed by atoms with van der Waals surface area (Å²) < 4.78 is 64.3. The largest absolute Gasteiger partial charge is 0.417 e. The van der Waals surface area contributed by atoms with Crippen molar-refractivity contribution < 1.29 is 37.2 Å². The van der Waals surface area contributed by atoms with E-state index in [-0.39, 0.29) is 0 Å². The van der Waals surface area contributed by atoms with Crippen molar-refractivity contribution in [2.24, 2.45) is 4.99 Å². The third kappa shape index (κ3) is 4.43. The summed E-state index contributed by atoms with van der Waals surface area (Å²) in [6, 6.07) is 3.94. The van der Waals surface area contributed by atoms with Crippen LogP contribution in [0.4, 0.5) is 17.6 Å². The lowest BCUT2D eigenvalue weighted by atomic mass is 9.94. The van der Waals surface area contributed by atoms with Crippen molar-refractivity contribution in [2.45, 2.75) is 48.7 Å². The normalized spacial score (nSPS) is 31.3. The summed E-state index contributed by atoms with van der Waals surface area (Å²) in [7, 11) is 3.40. The first-order valence-corrected chi connectivity index (χ1v) is 9.32. The molecule has 0 radical (unpaired) electrons. The maximum Gasteiger partial charge on any atom is 0.417 e. The van der Waals surface area contributed by atoms with Crippen LogP contribution in [0.3, 0.4) is 0 Å². The number of hydrogen-bond acceptors (Lipinski definition) is 7. The van der Waals surface area contributed by atoms with Crippen LogP contribution in [-0.2, 0) is 16.1 Å². The predicted octanol–water partition coefficient (Wildman–Crippen LogP) is 1.75. The van der Waals surface area contributed by atoms with Crippen LogP contribution in [0.15, 0.2) is 29.3 Å². The predicted molar refractivity (Wildman–Crippen MR) is 94.2 cm³/mol. The Bertz CT molecular complexity index is 716. The number of alkyl halides is 3. The van der Waals surface area contributed by atoms with Crippen molar-refractivity contribution in [1.82, 2.24) is 4.90 Å². The number of ether oxygens (including phenoxy) is 2. The first-order chi connectivity index (χ1) is 13.1. The fourth-order valence-electron chi connectivity index (χ4n) is 2.98. The van der Waals surface area contributed by atoms with E-state index in [4.69, 9.17) is 9.47 Å². The molecule has 3 rings (SSSR count). The molecule has 1 fully saturated rings. The molecule has 0 spiro atoms. The molecule has 2 heterocycles. The van der Waals surface area contributed by atoms with Crippen molar-refractivity contribution in [3.8, 4) is 0 Å². The molecule has 0 bridgehead atoms. The van der Waals surface area contributed by atoms with Gasteiger partial charge in [-0.25, -0.2) is 4.39 Å². The minimum Gasteiger partial charge on any atom is -0.388 e. The van der Waals surface area contributed by atoms with Gasteiger partial charge < -0.3 is 24.6 Å². The third-order valence-corrected chi connectivity index (χ3v) is 5.74. The standard InChI is InChI=1S/C17H20F4N2O4S/c1-23(2)16-22-10-11(24)12(25)13(27-15(10)28-16)14(17(19,20)21)26-7-8-3-5-9(18)6-4-8/h3-6,10-15,24-25H,7H2,1-2H3/t10-,11-,12+,13?,14-,15-/m1/s1. The summed E-state index contributed by atoms with van der Waals surface area (Å²) in [4.78, 5) is 5.86. The maximum absolute atomic E-state index is 13.6. The second-order valence-electron chi connectivity index (χ2n) is 6.76. The molecule has 0 aliphatic carbocycles. The smallest absolute Gasteiger partial charge is 0.388 e. The molecule has 0 aromatic heterocycles. The number of amidine groups is 1. The summed E-state index contributed by atoms with van der Waals surface area (Å²) in [5.41, 5.74) is -0.548.